The first-order valence-electron chi connectivity index (χ1n) is 8.72. The van der Waals surface area contributed by atoms with Crippen molar-refractivity contribution in [1.82, 2.24) is 0 Å². The van der Waals surface area contributed by atoms with E-state index >= 15 is 0 Å². The van der Waals surface area contributed by atoms with Crippen molar-refractivity contribution in [3.63, 3.8) is 0 Å². The summed E-state index contributed by atoms with van der Waals surface area (Å²) in [7, 11) is 1.57. The molecule has 26 heavy (non-hydrogen) atoms. The van der Waals surface area contributed by atoms with Gasteiger partial charge in [0.25, 0.3) is 5.91 Å². The number of halogens is 1. The van der Waals surface area contributed by atoms with Crippen LogP contribution in [0.2, 0.25) is 0 Å². The molecule has 2 aromatic carbocycles. The predicted molar refractivity (Wildman–Crippen MR) is 104 cm³/mol. The molecule has 3 nitrogen and oxygen atoms in total. The van der Waals surface area contributed by atoms with Crippen LogP contribution in [0.3, 0.4) is 0 Å². The fourth-order valence-electron chi connectivity index (χ4n) is 3.73. The van der Waals surface area contributed by atoms with Crippen LogP contribution in [0.1, 0.15) is 34.1 Å². The average Bonchev–Trinajstić information content (AvgIpc) is 3.01. The number of hydrogen-bond acceptors (Lipinski definition) is 3. The Morgan fingerprint density at radius 3 is 2.88 bits per heavy atom. The molecule has 1 aromatic heterocycles. The first kappa shape index (κ1) is 17.2. The van der Waals surface area contributed by atoms with Crippen molar-refractivity contribution in [2.24, 2.45) is 0 Å². The Labute approximate surface area is 156 Å². The van der Waals surface area contributed by atoms with Crippen LogP contribution in [0.15, 0.2) is 42.5 Å². The van der Waals surface area contributed by atoms with Crippen LogP contribution in [0.5, 0.6) is 0 Å². The first-order valence-corrected chi connectivity index (χ1v) is 9.53. The molecule has 1 aliphatic rings. The van der Waals surface area contributed by atoms with Gasteiger partial charge in [-0.1, -0.05) is 24.3 Å². The molecule has 0 radical (unpaired) electrons. The summed E-state index contributed by atoms with van der Waals surface area (Å²) in [6.07, 6.45) is 1.88. The molecule has 0 spiro atoms. The van der Waals surface area contributed by atoms with E-state index in [-0.39, 0.29) is 24.4 Å². The van der Waals surface area contributed by atoms with Gasteiger partial charge in [-0.2, -0.15) is 0 Å². The smallest absolute Gasteiger partial charge is 0.269 e. The van der Waals surface area contributed by atoms with Gasteiger partial charge in [0.1, 0.15) is 5.82 Å². The molecule has 5 heteroatoms. The van der Waals surface area contributed by atoms with Crippen molar-refractivity contribution < 1.29 is 13.9 Å². The molecule has 3 aromatic rings. The highest BCUT2D eigenvalue weighted by Gasteiger charge is 2.32. The number of methoxy groups -OCH3 is 1. The Morgan fingerprint density at radius 2 is 2.08 bits per heavy atom. The van der Waals surface area contributed by atoms with E-state index in [2.05, 4.69) is 13.0 Å². The summed E-state index contributed by atoms with van der Waals surface area (Å²) >= 11 is 1.35. The van der Waals surface area contributed by atoms with Gasteiger partial charge >= 0.3 is 0 Å². The fourth-order valence-corrected chi connectivity index (χ4v) is 4.89. The Bertz CT molecular complexity index is 981. The van der Waals surface area contributed by atoms with E-state index in [0.29, 0.717) is 15.8 Å². The minimum atomic E-state index is -0.308. The van der Waals surface area contributed by atoms with Crippen molar-refractivity contribution in [2.75, 3.05) is 12.0 Å². The van der Waals surface area contributed by atoms with Crippen LogP contribution >= 0.6 is 11.3 Å². The lowest BCUT2D eigenvalue weighted by Gasteiger charge is -2.35. The standard InChI is InChI=1S/C21H20FNO2S/c1-13-10-11-14-6-3-4-8-17(14)23(13)21(24)20-15(12-25-2)19-16(22)7-5-9-18(19)26-20/h3-9,13H,10-12H2,1-2H3. The molecule has 0 N–H and O–H groups in total. The number of aryl methyl sites for hydroxylation is 1. The van der Waals surface area contributed by atoms with E-state index in [0.717, 1.165) is 23.2 Å². The molecule has 1 amide bonds. The molecule has 134 valence electrons. The lowest BCUT2D eigenvalue weighted by Crippen LogP contribution is -2.42. The Morgan fingerprint density at radius 1 is 1.27 bits per heavy atom. The summed E-state index contributed by atoms with van der Waals surface area (Å²) < 4.78 is 20.5. The minimum Gasteiger partial charge on any atom is -0.380 e. The average molecular weight is 369 g/mol. The van der Waals surface area contributed by atoms with Gasteiger partial charge in [-0.25, -0.2) is 4.39 Å². The van der Waals surface area contributed by atoms with Crippen LogP contribution in [0.25, 0.3) is 10.1 Å². The van der Waals surface area contributed by atoms with Crippen LogP contribution < -0.4 is 4.90 Å². The van der Waals surface area contributed by atoms with Gasteiger partial charge in [-0.05, 0) is 43.5 Å². The number of thiophene rings is 1. The van der Waals surface area contributed by atoms with Crippen molar-refractivity contribution in [1.29, 1.82) is 0 Å². The topological polar surface area (TPSA) is 29.5 Å². The monoisotopic (exact) mass is 369 g/mol. The SMILES string of the molecule is COCc1c(C(=O)N2c3ccccc3CCC2C)sc2cccc(F)c12. The van der Waals surface area contributed by atoms with Gasteiger partial charge in [0, 0.05) is 34.5 Å². The summed E-state index contributed by atoms with van der Waals surface area (Å²) in [5.74, 6) is -0.380. The molecule has 4 rings (SSSR count). The number of fused-ring (bicyclic) bond motifs is 2. The number of carbonyl (C=O) groups is 1. The van der Waals surface area contributed by atoms with E-state index in [1.165, 1.54) is 23.0 Å². The summed E-state index contributed by atoms with van der Waals surface area (Å²) in [6.45, 7) is 2.28. The van der Waals surface area contributed by atoms with E-state index in [4.69, 9.17) is 4.74 Å². The quantitative estimate of drug-likeness (QED) is 0.637. The van der Waals surface area contributed by atoms with Crippen LogP contribution in [0, 0.1) is 5.82 Å². The maximum absolute atomic E-state index is 14.4. The van der Waals surface area contributed by atoms with Crippen LogP contribution in [0.4, 0.5) is 10.1 Å². The maximum Gasteiger partial charge on any atom is 0.269 e. The molecule has 1 atom stereocenters. The van der Waals surface area contributed by atoms with E-state index < -0.39 is 0 Å². The highest BCUT2D eigenvalue weighted by molar-refractivity contribution is 7.21. The number of nitrogens with zero attached hydrogens (tertiary/aromatic N) is 1. The third-order valence-electron chi connectivity index (χ3n) is 4.99. The first-order chi connectivity index (χ1) is 12.6. The zero-order valence-corrected chi connectivity index (χ0v) is 15.6. The van der Waals surface area contributed by atoms with Gasteiger partial charge in [-0.15, -0.1) is 11.3 Å². The van der Waals surface area contributed by atoms with Gasteiger partial charge in [0.15, 0.2) is 0 Å². The molecule has 0 fully saturated rings. The van der Waals surface area contributed by atoms with Gasteiger partial charge in [0.05, 0.1) is 11.5 Å². The Balaban J connectivity index is 1.87. The van der Waals surface area contributed by atoms with Crippen molar-refractivity contribution in [3.8, 4) is 0 Å². The molecule has 0 saturated carbocycles. The van der Waals surface area contributed by atoms with E-state index in [1.807, 2.05) is 29.2 Å². The largest absolute Gasteiger partial charge is 0.380 e. The maximum atomic E-state index is 14.4. The second kappa shape index (κ2) is 6.82. The van der Waals surface area contributed by atoms with Crippen molar-refractivity contribution in [2.45, 2.75) is 32.4 Å². The second-order valence-corrected chi connectivity index (χ2v) is 7.70. The molecule has 2 heterocycles. The summed E-state index contributed by atoms with van der Waals surface area (Å²) in [4.78, 5) is 15.9. The Kier molecular flexibility index (Phi) is 4.51. The second-order valence-electron chi connectivity index (χ2n) is 6.65. The molecular weight excluding hydrogens is 349 g/mol. The molecule has 0 saturated heterocycles. The van der Waals surface area contributed by atoms with Crippen molar-refractivity contribution >= 4 is 33.0 Å². The fraction of sp³-hybridized carbons (Fsp3) is 0.286. The molecule has 1 aliphatic heterocycles. The number of ether oxygens (including phenoxy) is 1. The molecule has 1 unspecified atom stereocenters. The summed E-state index contributed by atoms with van der Waals surface area (Å²) in [5.41, 5.74) is 2.78. The minimum absolute atomic E-state index is 0.0719. The van der Waals surface area contributed by atoms with Crippen LogP contribution in [-0.2, 0) is 17.8 Å². The summed E-state index contributed by atoms with van der Waals surface area (Å²) in [6, 6.07) is 13.1. The highest BCUT2D eigenvalue weighted by Crippen LogP contribution is 2.38. The zero-order valence-electron chi connectivity index (χ0n) is 14.8. The number of hydrogen-bond donors (Lipinski definition) is 0. The number of rotatable bonds is 3. The third kappa shape index (κ3) is 2.72. The predicted octanol–water partition coefficient (Wildman–Crippen LogP) is 5.17. The van der Waals surface area contributed by atoms with Gasteiger partial charge < -0.3 is 9.64 Å². The number of benzene rings is 2. The third-order valence-corrected chi connectivity index (χ3v) is 6.17. The Hall–Kier alpha value is -2.24. The number of carbonyl (C=O) groups excluding carboxylic acids is 1. The number of para-hydroxylation sites is 1. The lowest BCUT2D eigenvalue weighted by molar-refractivity contribution is 0.0975. The highest BCUT2D eigenvalue weighted by atomic mass is 32.1. The zero-order chi connectivity index (χ0) is 18.3. The normalized spacial score (nSPS) is 16.7. The van der Waals surface area contributed by atoms with Crippen molar-refractivity contribution in [3.05, 3.63) is 64.3 Å². The van der Waals surface area contributed by atoms with Crippen LogP contribution in [-0.4, -0.2) is 19.1 Å². The molecule has 0 aliphatic carbocycles. The van der Waals surface area contributed by atoms with E-state index in [1.54, 1.807) is 13.2 Å². The van der Waals surface area contributed by atoms with E-state index in [9.17, 15) is 9.18 Å². The number of anilines is 1. The summed E-state index contributed by atoms with van der Waals surface area (Å²) in [5, 5.41) is 0.501. The van der Waals surface area contributed by atoms with Gasteiger partial charge in [-0.3, -0.25) is 4.79 Å². The molecular formula is C21H20FNO2S. The number of amides is 1. The lowest BCUT2D eigenvalue weighted by atomic mass is 9.96. The van der Waals surface area contributed by atoms with Gasteiger partial charge in [0.2, 0.25) is 0 Å². The molecule has 0 bridgehead atoms.